The quantitative estimate of drug-likeness (QED) is 0.675. The lowest BCUT2D eigenvalue weighted by Crippen LogP contribution is -2.07. The third-order valence-corrected chi connectivity index (χ3v) is 4.14. The predicted octanol–water partition coefficient (Wildman–Crippen LogP) is 5.04. The van der Waals surface area contributed by atoms with Crippen LogP contribution in [0, 0.1) is 13.8 Å². The van der Waals surface area contributed by atoms with E-state index in [9.17, 15) is 18.0 Å². The van der Waals surface area contributed by atoms with E-state index in [1.807, 2.05) is 26.0 Å². The summed E-state index contributed by atoms with van der Waals surface area (Å²) in [6, 6.07) is 9.93. The average molecular weight is 347 g/mol. The second kappa shape index (κ2) is 6.27. The number of anilines is 1. The van der Waals surface area contributed by atoms with Gasteiger partial charge in [0.1, 0.15) is 5.58 Å². The molecule has 0 unspecified atom stereocenters. The van der Waals surface area contributed by atoms with Gasteiger partial charge in [-0.2, -0.15) is 13.2 Å². The summed E-state index contributed by atoms with van der Waals surface area (Å²) in [4.78, 5) is 11.7. The number of halogens is 3. The van der Waals surface area contributed by atoms with Gasteiger partial charge in [0.2, 0.25) is 0 Å². The lowest BCUT2D eigenvalue weighted by atomic mass is 10.0. The van der Waals surface area contributed by atoms with Gasteiger partial charge in [0.15, 0.2) is 0 Å². The highest BCUT2D eigenvalue weighted by Gasteiger charge is 2.29. The molecule has 0 amide bonds. The van der Waals surface area contributed by atoms with E-state index >= 15 is 0 Å². The van der Waals surface area contributed by atoms with Crippen LogP contribution in [-0.2, 0) is 12.7 Å². The van der Waals surface area contributed by atoms with Gasteiger partial charge in [-0.3, -0.25) is 0 Å². The van der Waals surface area contributed by atoms with Gasteiger partial charge in [-0.1, -0.05) is 0 Å². The number of aryl methyl sites for hydroxylation is 2. The van der Waals surface area contributed by atoms with Gasteiger partial charge in [0.25, 0.3) is 0 Å². The van der Waals surface area contributed by atoms with Gasteiger partial charge in [-0.25, -0.2) is 4.79 Å². The Morgan fingerprint density at radius 1 is 1.00 bits per heavy atom. The molecule has 1 N–H and O–H groups in total. The first kappa shape index (κ1) is 17.1. The predicted molar refractivity (Wildman–Crippen MR) is 90.7 cm³/mol. The van der Waals surface area contributed by atoms with Crippen LogP contribution in [0.3, 0.4) is 0 Å². The summed E-state index contributed by atoms with van der Waals surface area (Å²) in [6.45, 7) is 4.20. The Kier molecular flexibility index (Phi) is 4.29. The van der Waals surface area contributed by atoms with Crippen molar-refractivity contribution in [3.05, 3.63) is 75.1 Å². The van der Waals surface area contributed by atoms with E-state index in [0.29, 0.717) is 17.8 Å². The number of fused-ring (bicyclic) bond motifs is 1. The highest BCUT2D eigenvalue weighted by Crippen LogP contribution is 2.30. The first-order chi connectivity index (χ1) is 11.7. The monoisotopic (exact) mass is 347 g/mol. The third-order valence-electron chi connectivity index (χ3n) is 4.14. The standard InChI is InChI=1S/C19H16F3NO2/c1-11-7-16-13(9-18(24)25-17(16)8-12(11)2)10-23-15-5-3-14(4-6-15)19(20,21)22/h3-9,23H,10H2,1-2H3. The molecule has 0 aliphatic rings. The fraction of sp³-hybridized carbons (Fsp3) is 0.211. The molecule has 0 saturated carbocycles. The summed E-state index contributed by atoms with van der Waals surface area (Å²) in [5.74, 6) is 0. The van der Waals surface area contributed by atoms with E-state index in [4.69, 9.17) is 4.42 Å². The van der Waals surface area contributed by atoms with Gasteiger partial charge in [-0.15, -0.1) is 0 Å². The Morgan fingerprint density at radius 3 is 2.28 bits per heavy atom. The SMILES string of the molecule is Cc1cc2oc(=O)cc(CNc3ccc(C(F)(F)F)cc3)c2cc1C. The van der Waals surface area contributed by atoms with Crippen LogP contribution in [0.1, 0.15) is 22.3 Å². The Bertz CT molecular complexity index is 973. The molecule has 1 heterocycles. The number of hydrogen-bond acceptors (Lipinski definition) is 3. The van der Waals surface area contributed by atoms with Crippen molar-refractivity contribution < 1.29 is 17.6 Å². The molecule has 0 fully saturated rings. The first-order valence-corrected chi connectivity index (χ1v) is 7.69. The molecule has 3 nitrogen and oxygen atoms in total. The number of alkyl halides is 3. The number of nitrogens with one attached hydrogen (secondary N) is 1. The second-order valence-corrected chi connectivity index (χ2v) is 5.95. The van der Waals surface area contributed by atoms with Crippen LogP contribution >= 0.6 is 0 Å². The molecule has 0 spiro atoms. The molecule has 0 aliphatic carbocycles. The summed E-state index contributed by atoms with van der Waals surface area (Å²) in [6.07, 6.45) is -4.36. The van der Waals surface area contributed by atoms with Crippen LogP contribution in [-0.4, -0.2) is 0 Å². The van der Waals surface area contributed by atoms with E-state index in [2.05, 4.69) is 5.32 Å². The van der Waals surface area contributed by atoms with Crippen LogP contribution in [0.2, 0.25) is 0 Å². The van der Waals surface area contributed by atoms with Gasteiger partial charge in [0, 0.05) is 23.7 Å². The number of hydrogen-bond donors (Lipinski definition) is 1. The zero-order chi connectivity index (χ0) is 18.2. The second-order valence-electron chi connectivity index (χ2n) is 5.95. The molecule has 0 saturated heterocycles. The highest BCUT2D eigenvalue weighted by molar-refractivity contribution is 5.82. The summed E-state index contributed by atoms with van der Waals surface area (Å²) in [5.41, 5.74) is 2.70. The Labute approximate surface area is 142 Å². The fourth-order valence-corrected chi connectivity index (χ4v) is 2.60. The van der Waals surface area contributed by atoms with E-state index < -0.39 is 17.4 Å². The number of rotatable bonds is 3. The summed E-state index contributed by atoms with van der Waals surface area (Å²) < 4.78 is 43.0. The minimum Gasteiger partial charge on any atom is -0.423 e. The van der Waals surface area contributed by atoms with E-state index in [1.54, 1.807) is 0 Å². The first-order valence-electron chi connectivity index (χ1n) is 7.69. The molecule has 0 radical (unpaired) electrons. The van der Waals surface area contributed by atoms with Crippen molar-refractivity contribution in [3.63, 3.8) is 0 Å². The van der Waals surface area contributed by atoms with Crippen LogP contribution < -0.4 is 10.9 Å². The van der Waals surface area contributed by atoms with Crippen molar-refractivity contribution in [1.82, 2.24) is 0 Å². The maximum atomic E-state index is 12.6. The van der Waals surface area contributed by atoms with Gasteiger partial charge in [0.05, 0.1) is 5.56 Å². The molecule has 1 aromatic heterocycles. The van der Waals surface area contributed by atoms with Crippen molar-refractivity contribution >= 4 is 16.7 Å². The summed E-state index contributed by atoms with van der Waals surface area (Å²) in [5, 5.41) is 3.85. The Balaban J connectivity index is 1.88. The minimum absolute atomic E-state index is 0.302. The molecule has 2 aromatic carbocycles. The Morgan fingerprint density at radius 2 is 1.64 bits per heavy atom. The van der Waals surface area contributed by atoms with Gasteiger partial charge < -0.3 is 9.73 Å². The lowest BCUT2D eigenvalue weighted by molar-refractivity contribution is -0.137. The van der Waals surface area contributed by atoms with Crippen molar-refractivity contribution in [2.75, 3.05) is 5.32 Å². The largest absolute Gasteiger partial charge is 0.423 e. The maximum Gasteiger partial charge on any atom is 0.416 e. The number of benzene rings is 2. The highest BCUT2D eigenvalue weighted by atomic mass is 19.4. The van der Waals surface area contributed by atoms with E-state index in [-0.39, 0.29) is 0 Å². The minimum atomic E-state index is -4.36. The molecular weight excluding hydrogens is 331 g/mol. The molecule has 130 valence electrons. The molecule has 25 heavy (non-hydrogen) atoms. The van der Waals surface area contributed by atoms with Crippen LogP contribution in [0.15, 0.2) is 51.7 Å². The van der Waals surface area contributed by atoms with Crippen molar-refractivity contribution in [2.45, 2.75) is 26.6 Å². The van der Waals surface area contributed by atoms with Crippen molar-refractivity contribution in [1.29, 1.82) is 0 Å². The fourth-order valence-electron chi connectivity index (χ4n) is 2.60. The van der Waals surface area contributed by atoms with E-state index in [1.165, 1.54) is 18.2 Å². The Hall–Kier alpha value is -2.76. The van der Waals surface area contributed by atoms with Crippen molar-refractivity contribution in [2.24, 2.45) is 0 Å². The van der Waals surface area contributed by atoms with Crippen LogP contribution in [0.4, 0.5) is 18.9 Å². The molecule has 3 rings (SSSR count). The van der Waals surface area contributed by atoms with Gasteiger partial charge >= 0.3 is 11.8 Å². The van der Waals surface area contributed by atoms with Crippen molar-refractivity contribution in [3.8, 4) is 0 Å². The molecule has 3 aromatic rings. The summed E-state index contributed by atoms with van der Waals surface area (Å²) in [7, 11) is 0. The third kappa shape index (κ3) is 3.68. The molecule has 0 aliphatic heterocycles. The zero-order valence-electron chi connectivity index (χ0n) is 13.7. The van der Waals surface area contributed by atoms with Crippen LogP contribution in [0.5, 0.6) is 0 Å². The van der Waals surface area contributed by atoms with Crippen LogP contribution in [0.25, 0.3) is 11.0 Å². The molecule has 0 atom stereocenters. The lowest BCUT2D eigenvalue weighted by Gasteiger charge is -2.11. The normalized spacial score (nSPS) is 11.7. The molecular formula is C19H16F3NO2. The molecule has 6 heteroatoms. The zero-order valence-corrected chi connectivity index (χ0v) is 13.7. The maximum absolute atomic E-state index is 12.6. The molecule has 0 bridgehead atoms. The topological polar surface area (TPSA) is 42.2 Å². The average Bonchev–Trinajstić information content (AvgIpc) is 2.54. The van der Waals surface area contributed by atoms with E-state index in [0.717, 1.165) is 34.2 Å². The smallest absolute Gasteiger partial charge is 0.416 e. The summed E-state index contributed by atoms with van der Waals surface area (Å²) >= 11 is 0. The van der Waals surface area contributed by atoms with Gasteiger partial charge in [-0.05, 0) is 66.9 Å².